The van der Waals surface area contributed by atoms with Crippen molar-refractivity contribution in [3.63, 3.8) is 0 Å². The minimum Gasteiger partial charge on any atom is -0.496 e. The average Bonchev–Trinajstić information content (AvgIpc) is 3.16. The number of carbonyl (C=O) groups is 1. The van der Waals surface area contributed by atoms with Crippen molar-refractivity contribution >= 4 is 5.91 Å². The van der Waals surface area contributed by atoms with Gasteiger partial charge in [0, 0.05) is 45.3 Å². The number of carbonyl (C=O) groups excluding carboxylic acids is 1. The summed E-state index contributed by atoms with van der Waals surface area (Å²) in [6.07, 6.45) is 1.72. The molecule has 158 valence electrons. The molecule has 8 heteroatoms. The van der Waals surface area contributed by atoms with Crippen LogP contribution in [0.2, 0.25) is 0 Å². The molecule has 2 aromatic rings. The third-order valence-corrected chi connectivity index (χ3v) is 5.17. The molecule has 0 saturated carbocycles. The lowest BCUT2D eigenvalue weighted by Crippen LogP contribution is -2.46. The van der Waals surface area contributed by atoms with Crippen LogP contribution in [0.4, 0.5) is 0 Å². The van der Waals surface area contributed by atoms with Gasteiger partial charge in [0.1, 0.15) is 5.75 Å². The summed E-state index contributed by atoms with van der Waals surface area (Å²) < 4.78 is 7.10. The summed E-state index contributed by atoms with van der Waals surface area (Å²) in [6, 6.07) is 6.50. The van der Waals surface area contributed by atoms with Crippen molar-refractivity contribution in [2.45, 2.75) is 39.9 Å². The summed E-state index contributed by atoms with van der Waals surface area (Å²) in [5.74, 6) is 0.769. The molecule has 1 saturated heterocycles. The van der Waals surface area contributed by atoms with Gasteiger partial charge in [0.25, 0.3) is 5.91 Å². The van der Waals surface area contributed by atoms with Crippen molar-refractivity contribution in [1.29, 1.82) is 0 Å². The Balaban J connectivity index is 1.42. The Morgan fingerprint density at radius 3 is 2.55 bits per heavy atom. The van der Waals surface area contributed by atoms with E-state index in [9.17, 15) is 4.79 Å². The van der Waals surface area contributed by atoms with E-state index in [4.69, 9.17) is 4.74 Å². The lowest BCUT2D eigenvalue weighted by atomic mass is 10.1. The molecule has 1 aromatic heterocycles. The number of methoxy groups -OCH3 is 1. The zero-order valence-electron chi connectivity index (χ0n) is 17.9. The molecule has 1 aliphatic rings. The molecule has 1 N–H and O–H groups in total. The predicted molar refractivity (Wildman–Crippen MR) is 112 cm³/mol. The van der Waals surface area contributed by atoms with E-state index < -0.39 is 0 Å². The van der Waals surface area contributed by atoms with E-state index in [2.05, 4.69) is 50.6 Å². The van der Waals surface area contributed by atoms with Gasteiger partial charge in [-0.2, -0.15) is 0 Å². The molecular formula is C21H32N6O2. The van der Waals surface area contributed by atoms with Gasteiger partial charge in [-0.15, -0.1) is 5.10 Å². The maximum Gasteiger partial charge on any atom is 0.273 e. The Labute approximate surface area is 172 Å². The lowest BCUT2D eigenvalue weighted by Gasteiger charge is -2.34. The number of rotatable bonds is 8. The Morgan fingerprint density at radius 1 is 1.17 bits per heavy atom. The highest BCUT2D eigenvalue weighted by atomic mass is 16.5. The van der Waals surface area contributed by atoms with Crippen LogP contribution < -0.4 is 10.1 Å². The number of amides is 1. The minimum atomic E-state index is -0.173. The number of nitrogens with one attached hydrogen (secondary N) is 1. The fourth-order valence-corrected chi connectivity index (χ4v) is 3.56. The van der Waals surface area contributed by atoms with Crippen molar-refractivity contribution in [1.82, 2.24) is 30.1 Å². The van der Waals surface area contributed by atoms with Crippen molar-refractivity contribution in [2.75, 3.05) is 39.8 Å². The molecular weight excluding hydrogens is 368 g/mol. The van der Waals surface area contributed by atoms with Gasteiger partial charge in [-0.05, 0) is 38.0 Å². The second-order valence-electron chi connectivity index (χ2n) is 7.92. The van der Waals surface area contributed by atoms with Crippen LogP contribution in [-0.2, 0) is 13.1 Å². The van der Waals surface area contributed by atoms with Gasteiger partial charge >= 0.3 is 0 Å². The SMILES string of the molecule is COc1ccc(CN2CCN(CCn3cc(C(=O)NC(C)C)nn3)CC2)cc1C. The summed E-state index contributed by atoms with van der Waals surface area (Å²) in [5.41, 5.74) is 2.88. The van der Waals surface area contributed by atoms with Crippen LogP contribution >= 0.6 is 0 Å². The molecule has 2 heterocycles. The van der Waals surface area contributed by atoms with Gasteiger partial charge in [0.05, 0.1) is 19.9 Å². The molecule has 1 fully saturated rings. The number of benzene rings is 1. The van der Waals surface area contributed by atoms with Crippen molar-refractivity contribution in [2.24, 2.45) is 0 Å². The second kappa shape index (κ2) is 9.84. The standard InChI is InChI=1S/C21H32N6O2/c1-16(2)22-21(28)19-15-27(24-23-19)12-11-25-7-9-26(10-8-25)14-18-5-6-20(29-4)17(3)13-18/h5-6,13,15-16H,7-12,14H2,1-4H3,(H,22,28). The first-order chi connectivity index (χ1) is 13.9. The maximum absolute atomic E-state index is 12.0. The quantitative estimate of drug-likeness (QED) is 0.725. The Hall–Kier alpha value is -2.45. The topological polar surface area (TPSA) is 75.5 Å². The Morgan fingerprint density at radius 2 is 1.90 bits per heavy atom. The van der Waals surface area contributed by atoms with E-state index >= 15 is 0 Å². The average molecular weight is 401 g/mol. The highest BCUT2D eigenvalue weighted by Crippen LogP contribution is 2.19. The highest BCUT2D eigenvalue weighted by Gasteiger charge is 2.18. The molecule has 3 rings (SSSR count). The number of nitrogens with zero attached hydrogens (tertiary/aromatic N) is 5. The van der Waals surface area contributed by atoms with Gasteiger partial charge < -0.3 is 10.1 Å². The number of aromatic nitrogens is 3. The molecule has 0 spiro atoms. The van der Waals surface area contributed by atoms with E-state index in [0.29, 0.717) is 5.69 Å². The zero-order valence-corrected chi connectivity index (χ0v) is 17.9. The van der Waals surface area contributed by atoms with Crippen molar-refractivity contribution in [3.8, 4) is 5.75 Å². The molecule has 8 nitrogen and oxygen atoms in total. The lowest BCUT2D eigenvalue weighted by molar-refractivity contribution is 0.0938. The molecule has 0 atom stereocenters. The Kier molecular flexibility index (Phi) is 7.22. The molecule has 1 amide bonds. The van der Waals surface area contributed by atoms with E-state index in [0.717, 1.165) is 51.6 Å². The minimum absolute atomic E-state index is 0.0887. The molecule has 1 aromatic carbocycles. The first-order valence-electron chi connectivity index (χ1n) is 10.2. The molecule has 0 bridgehead atoms. The smallest absolute Gasteiger partial charge is 0.273 e. The number of aryl methyl sites for hydroxylation is 1. The first kappa shape index (κ1) is 21.3. The third-order valence-electron chi connectivity index (χ3n) is 5.17. The zero-order chi connectivity index (χ0) is 20.8. The van der Waals surface area contributed by atoms with E-state index in [1.807, 2.05) is 13.8 Å². The van der Waals surface area contributed by atoms with E-state index in [1.54, 1.807) is 18.0 Å². The molecule has 0 unspecified atom stereocenters. The molecule has 1 aliphatic heterocycles. The summed E-state index contributed by atoms with van der Waals surface area (Å²) in [4.78, 5) is 16.9. The largest absolute Gasteiger partial charge is 0.496 e. The first-order valence-corrected chi connectivity index (χ1v) is 10.2. The number of piperazine rings is 1. The van der Waals surface area contributed by atoms with E-state index in [1.165, 1.54) is 11.1 Å². The van der Waals surface area contributed by atoms with Crippen LogP contribution in [0.25, 0.3) is 0 Å². The highest BCUT2D eigenvalue weighted by molar-refractivity contribution is 5.91. The third kappa shape index (κ3) is 6.01. The number of hydrogen-bond donors (Lipinski definition) is 1. The molecule has 29 heavy (non-hydrogen) atoms. The van der Waals surface area contributed by atoms with Gasteiger partial charge in [-0.1, -0.05) is 17.3 Å². The van der Waals surface area contributed by atoms with Gasteiger partial charge in [0.2, 0.25) is 0 Å². The summed E-state index contributed by atoms with van der Waals surface area (Å²) in [5, 5.41) is 10.9. The van der Waals surface area contributed by atoms with E-state index in [-0.39, 0.29) is 11.9 Å². The monoisotopic (exact) mass is 400 g/mol. The fourth-order valence-electron chi connectivity index (χ4n) is 3.56. The maximum atomic E-state index is 12.0. The molecule has 0 aliphatic carbocycles. The number of ether oxygens (including phenoxy) is 1. The van der Waals surface area contributed by atoms with Crippen LogP contribution in [0, 0.1) is 6.92 Å². The normalized spacial score (nSPS) is 15.6. The van der Waals surface area contributed by atoms with Crippen LogP contribution in [-0.4, -0.2) is 76.6 Å². The fraction of sp³-hybridized carbons (Fsp3) is 0.571. The second-order valence-corrected chi connectivity index (χ2v) is 7.92. The number of hydrogen-bond acceptors (Lipinski definition) is 6. The van der Waals surface area contributed by atoms with Gasteiger partial charge in [0.15, 0.2) is 5.69 Å². The van der Waals surface area contributed by atoms with Gasteiger partial charge in [-0.25, -0.2) is 0 Å². The van der Waals surface area contributed by atoms with Crippen molar-refractivity contribution in [3.05, 3.63) is 41.2 Å². The molecule has 0 radical (unpaired) electrons. The summed E-state index contributed by atoms with van der Waals surface area (Å²) in [6.45, 7) is 12.7. The summed E-state index contributed by atoms with van der Waals surface area (Å²) in [7, 11) is 1.71. The van der Waals surface area contributed by atoms with Crippen LogP contribution in [0.1, 0.15) is 35.5 Å². The Bertz CT molecular complexity index is 811. The van der Waals surface area contributed by atoms with Crippen LogP contribution in [0.3, 0.4) is 0 Å². The van der Waals surface area contributed by atoms with Crippen LogP contribution in [0.15, 0.2) is 24.4 Å². The van der Waals surface area contributed by atoms with Crippen LogP contribution in [0.5, 0.6) is 5.75 Å². The summed E-state index contributed by atoms with van der Waals surface area (Å²) >= 11 is 0. The van der Waals surface area contributed by atoms with Gasteiger partial charge in [-0.3, -0.25) is 19.3 Å². The predicted octanol–water partition coefficient (Wildman–Crippen LogP) is 1.55. The van der Waals surface area contributed by atoms with Crippen molar-refractivity contribution < 1.29 is 9.53 Å².